The SMILES string of the molecule is CCC1CCCCC12OCCNC2c1ccsc1. The van der Waals surface area contributed by atoms with Crippen molar-refractivity contribution in [2.45, 2.75) is 50.7 Å². The molecular formula is C15H23NOS. The van der Waals surface area contributed by atoms with E-state index in [1.807, 2.05) is 0 Å². The fourth-order valence-electron chi connectivity index (χ4n) is 3.90. The molecule has 1 aromatic heterocycles. The molecule has 100 valence electrons. The number of rotatable bonds is 2. The predicted octanol–water partition coefficient (Wildman–Crippen LogP) is 3.75. The van der Waals surface area contributed by atoms with Gasteiger partial charge in [-0.3, -0.25) is 0 Å². The highest BCUT2D eigenvalue weighted by molar-refractivity contribution is 7.07. The molecule has 3 rings (SSSR count). The molecule has 1 N–H and O–H groups in total. The topological polar surface area (TPSA) is 21.3 Å². The first-order chi connectivity index (χ1) is 8.87. The molecule has 1 saturated carbocycles. The Kier molecular flexibility index (Phi) is 3.73. The zero-order chi connectivity index (χ0) is 12.4. The van der Waals surface area contributed by atoms with E-state index in [1.165, 1.54) is 37.7 Å². The molecule has 3 heteroatoms. The summed E-state index contributed by atoms with van der Waals surface area (Å²) in [7, 11) is 0. The highest BCUT2D eigenvalue weighted by Crippen LogP contribution is 2.48. The summed E-state index contributed by atoms with van der Waals surface area (Å²) in [6.45, 7) is 4.18. The lowest BCUT2D eigenvalue weighted by molar-refractivity contribution is -0.154. The monoisotopic (exact) mass is 265 g/mol. The summed E-state index contributed by atoms with van der Waals surface area (Å²) >= 11 is 1.79. The van der Waals surface area contributed by atoms with Gasteiger partial charge in [-0.05, 0) is 41.1 Å². The molecule has 2 nitrogen and oxygen atoms in total. The van der Waals surface area contributed by atoms with Crippen LogP contribution in [0.5, 0.6) is 0 Å². The van der Waals surface area contributed by atoms with Gasteiger partial charge in [-0.1, -0.05) is 26.2 Å². The van der Waals surface area contributed by atoms with Crippen LogP contribution in [0, 0.1) is 5.92 Å². The van der Waals surface area contributed by atoms with Crippen molar-refractivity contribution in [1.29, 1.82) is 0 Å². The molecule has 1 aliphatic carbocycles. The third-order valence-corrected chi connectivity index (χ3v) is 5.44. The van der Waals surface area contributed by atoms with Gasteiger partial charge in [0.15, 0.2) is 0 Å². The molecule has 1 saturated heterocycles. The predicted molar refractivity (Wildman–Crippen MR) is 76.0 cm³/mol. The lowest BCUT2D eigenvalue weighted by Gasteiger charge is -2.51. The molecule has 0 amide bonds. The van der Waals surface area contributed by atoms with Crippen molar-refractivity contribution in [3.63, 3.8) is 0 Å². The van der Waals surface area contributed by atoms with Gasteiger partial charge in [0.25, 0.3) is 0 Å². The van der Waals surface area contributed by atoms with Crippen molar-refractivity contribution in [1.82, 2.24) is 5.32 Å². The summed E-state index contributed by atoms with van der Waals surface area (Å²) in [6.07, 6.45) is 6.49. The molecule has 0 aromatic carbocycles. The van der Waals surface area contributed by atoms with E-state index in [4.69, 9.17) is 4.74 Å². The van der Waals surface area contributed by atoms with Crippen molar-refractivity contribution >= 4 is 11.3 Å². The van der Waals surface area contributed by atoms with E-state index in [2.05, 4.69) is 29.1 Å². The number of thiophene rings is 1. The van der Waals surface area contributed by atoms with Gasteiger partial charge < -0.3 is 10.1 Å². The minimum absolute atomic E-state index is 0.0618. The average molecular weight is 265 g/mol. The molecule has 0 radical (unpaired) electrons. The van der Waals surface area contributed by atoms with E-state index < -0.39 is 0 Å². The Hall–Kier alpha value is -0.380. The summed E-state index contributed by atoms with van der Waals surface area (Å²) in [5.74, 6) is 0.712. The van der Waals surface area contributed by atoms with Gasteiger partial charge in [-0.25, -0.2) is 0 Å². The van der Waals surface area contributed by atoms with E-state index >= 15 is 0 Å². The Balaban J connectivity index is 1.94. The molecule has 3 atom stereocenters. The Bertz CT molecular complexity index is 372. The Morgan fingerprint density at radius 2 is 2.44 bits per heavy atom. The number of ether oxygens (including phenoxy) is 1. The Morgan fingerprint density at radius 1 is 1.50 bits per heavy atom. The number of morpholine rings is 1. The van der Waals surface area contributed by atoms with E-state index in [1.54, 1.807) is 11.3 Å². The van der Waals surface area contributed by atoms with Crippen LogP contribution in [0.15, 0.2) is 16.8 Å². The van der Waals surface area contributed by atoms with Crippen LogP contribution in [-0.2, 0) is 4.74 Å². The van der Waals surface area contributed by atoms with E-state index in [0.717, 1.165) is 13.2 Å². The second kappa shape index (κ2) is 5.32. The molecule has 2 fully saturated rings. The Labute approximate surface area is 114 Å². The molecule has 1 spiro atoms. The van der Waals surface area contributed by atoms with Crippen LogP contribution < -0.4 is 5.32 Å². The van der Waals surface area contributed by atoms with Crippen LogP contribution in [0.4, 0.5) is 0 Å². The van der Waals surface area contributed by atoms with Crippen LogP contribution >= 0.6 is 11.3 Å². The first kappa shape index (κ1) is 12.6. The van der Waals surface area contributed by atoms with Crippen LogP contribution in [0.3, 0.4) is 0 Å². The number of hydrogen-bond donors (Lipinski definition) is 1. The third-order valence-electron chi connectivity index (χ3n) is 4.74. The van der Waals surface area contributed by atoms with Crippen molar-refractivity contribution in [2.75, 3.05) is 13.2 Å². The van der Waals surface area contributed by atoms with Crippen LogP contribution in [0.2, 0.25) is 0 Å². The summed E-state index contributed by atoms with van der Waals surface area (Å²) < 4.78 is 6.39. The second-order valence-corrected chi connectivity index (χ2v) is 6.38. The largest absolute Gasteiger partial charge is 0.371 e. The summed E-state index contributed by atoms with van der Waals surface area (Å²) in [6, 6.07) is 2.67. The first-order valence-corrected chi connectivity index (χ1v) is 8.20. The van der Waals surface area contributed by atoms with E-state index in [-0.39, 0.29) is 5.60 Å². The van der Waals surface area contributed by atoms with E-state index in [0.29, 0.717) is 12.0 Å². The smallest absolute Gasteiger partial charge is 0.0905 e. The Morgan fingerprint density at radius 3 is 3.22 bits per heavy atom. The fourth-order valence-corrected chi connectivity index (χ4v) is 4.59. The number of nitrogens with one attached hydrogen (secondary N) is 1. The number of hydrogen-bond acceptors (Lipinski definition) is 3. The van der Waals surface area contributed by atoms with Gasteiger partial charge in [0.2, 0.25) is 0 Å². The fraction of sp³-hybridized carbons (Fsp3) is 0.733. The highest BCUT2D eigenvalue weighted by Gasteiger charge is 2.49. The molecule has 2 heterocycles. The van der Waals surface area contributed by atoms with Gasteiger partial charge in [-0.15, -0.1) is 0 Å². The van der Waals surface area contributed by atoms with Gasteiger partial charge in [0, 0.05) is 6.54 Å². The second-order valence-electron chi connectivity index (χ2n) is 5.60. The molecule has 1 aliphatic heterocycles. The van der Waals surface area contributed by atoms with Crippen molar-refractivity contribution in [3.8, 4) is 0 Å². The zero-order valence-electron chi connectivity index (χ0n) is 11.2. The minimum atomic E-state index is 0.0618. The van der Waals surface area contributed by atoms with Gasteiger partial charge >= 0.3 is 0 Å². The molecular weight excluding hydrogens is 242 g/mol. The molecule has 18 heavy (non-hydrogen) atoms. The molecule has 0 bridgehead atoms. The zero-order valence-corrected chi connectivity index (χ0v) is 12.0. The van der Waals surface area contributed by atoms with Crippen molar-refractivity contribution < 1.29 is 4.74 Å². The minimum Gasteiger partial charge on any atom is -0.371 e. The highest BCUT2D eigenvalue weighted by atomic mass is 32.1. The molecule has 1 aromatic rings. The maximum absolute atomic E-state index is 6.39. The van der Waals surface area contributed by atoms with Crippen molar-refractivity contribution in [3.05, 3.63) is 22.4 Å². The summed E-state index contributed by atoms with van der Waals surface area (Å²) in [5.41, 5.74) is 1.49. The van der Waals surface area contributed by atoms with Crippen LogP contribution in [0.25, 0.3) is 0 Å². The maximum atomic E-state index is 6.39. The maximum Gasteiger partial charge on any atom is 0.0905 e. The third kappa shape index (κ3) is 2.02. The van der Waals surface area contributed by atoms with Gasteiger partial charge in [0.1, 0.15) is 0 Å². The van der Waals surface area contributed by atoms with Crippen molar-refractivity contribution in [2.24, 2.45) is 5.92 Å². The van der Waals surface area contributed by atoms with Crippen LogP contribution in [-0.4, -0.2) is 18.8 Å². The normalized spacial score (nSPS) is 36.9. The average Bonchev–Trinajstić information content (AvgIpc) is 2.93. The van der Waals surface area contributed by atoms with Gasteiger partial charge in [0.05, 0.1) is 18.2 Å². The van der Waals surface area contributed by atoms with Crippen LogP contribution in [0.1, 0.15) is 50.6 Å². The first-order valence-electron chi connectivity index (χ1n) is 7.26. The van der Waals surface area contributed by atoms with E-state index in [9.17, 15) is 0 Å². The lowest BCUT2D eigenvalue weighted by Crippen LogP contribution is -2.57. The summed E-state index contributed by atoms with van der Waals surface area (Å²) in [5, 5.41) is 8.20. The summed E-state index contributed by atoms with van der Waals surface area (Å²) in [4.78, 5) is 0. The standard InChI is InChI=1S/C15H23NOS/c1-2-13-5-3-4-7-15(13)14(16-8-9-17-15)12-6-10-18-11-12/h6,10-11,13-14,16H,2-5,7-9H2,1H3. The lowest BCUT2D eigenvalue weighted by atomic mass is 9.68. The molecule has 3 unspecified atom stereocenters. The van der Waals surface area contributed by atoms with Gasteiger partial charge in [-0.2, -0.15) is 11.3 Å². The quantitative estimate of drug-likeness (QED) is 0.879. The molecule has 2 aliphatic rings.